The van der Waals surface area contributed by atoms with E-state index in [-0.39, 0.29) is 11.6 Å². The molecule has 1 aromatic heterocycles. The number of fused-ring (bicyclic) bond motifs is 1. The molecule has 1 aromatic carbocycles. The molecule has 0 saturated heterocycles. The van der Waals surface area contributed by atoms with Crippen molar-refractivity contribution in [2.45, 2.75) is 6.92 Å². The summed E-state index contributed by atoms with van der Waals surface area (Å²) in [5.74, 6) is 1.32. The van der Waals surface area contributed by atoms with E-state index in [0.29, 0.717) is 42.9 Å². The van der Waals surface area contributed by atoms with Gasteiger partial charge in [0, 0.05) is 17.8 Å². The second kappa shape index (κ2) is 6.30. The van der Waals surface area contributed by atoms with Crippen LogP contribution in [0.3, 0.4) is 0 Å². The van der Waals surface area contributed by atoms with Gasteiger partial charge in [-0.1, -0.05) is 0 Å². The Labute approximate surface area is 127 Å². The average molecular weight is 301 g/mol. The Morgan fingerprint density at radius 1 is 1.18 bits per heavy atom. The highest BCUT2D eigenvalue weighted by atomic mass is 16.6. The summed E-state index contributed by atoms with van der Waals surface area (Å²) in [7, 11) is 0. The summed E-state index contributed by atoms with van der Waals surface area (Å²) in [4.78, 5) is 12.1. The number of aromatic nitrogens is 2. The van der Waals surface area contributed by atoms with Crippen LogP contribution in [0.5, 0.6) is 17.4 Å². The lowest BCUT2D eigenvalue weighted by Gasteiger charge is -2.18. The molecule has 1 N–H and O–H groups in total. The maximum Gasteiger partial charge on any atom is 0.276 e. The standard InChI is InChI=1S/C15H15N3O4/c1-2-20-14-6-4-11(17-18-14)15(19)16-10-3-5-12-13(9-10)22-8-7-21-12/h3-6,9H,2,7-8H2,1H3,(H,16,19). The predicted molar refractivity (Wildman–Crippen MR) is 78.6 cm³/mol. The molecule has 7 nitrogen and oxygen atoms in total. The van der Waals surface area contributed by atoms with Gasteiger partial charge < -0.3 is 19.5 Å². The van der Waals surface area contributed by atoms with Crippen molar-refractivity contribution in [1.82, 2.24) is 10.2 Å². The number of hydrogen-bond donors (Lipinski definition) is 1. The highest BCUT2D eigenvalue weighted by Crippen LogP contribution is 2.32. The van der Waals surface area contributed by atoms with E-state index in [4.69, 9.17) is 14.2 Å². The van der Waals surface area contributed by atoms with Crippen LogP contribution in [0.2, 0.25) is 0 Å². The average Bonchev–Trinajstić information content (AvgIpc) is 2.56. The van der Waals surface area contributed by atoms with E-state index in [1.165, 1.54) is 0 Å². The molecule has 1 aliphatic rings. The van der Waals surface area contributed by atoms with E-state index in [0.717, 1.165) is 0 Å². The van der Waals surface area contributed by atoms with Crippen molar-refractivity contribution in [2.24, 2.45) is 0 Å². The first-order chi connectivity index (χ1) is 10.8. The largest absolute Gasteiger partial charge is 0.486 e. The number of hydrogen-bond acceptors (Lipinski definition) is 6. The van der Waals surface area contributed by atoms with Gasteiger partial charge in [0.2, 0.25) is 5.88 Å². The number of carbonyl (C=O) groups is 1. The quantitative estimate of drug-likeness (QED) is 0.928. The normalized spacial score (nSPS) is 12.6. The number of benzene rings is 1. The van der Waals surface area contributed by atoms with Gasteiger partial charge in [-0.2, -0.15) is 0 Å². The molecule has 0 saturated carbocycles. The van der Waals surface area contributed by atoms with Crippen LogP contribution in [0, 0.1) is 0 Å². The van der Waals surface area contributed by atoms with Gasteiger partial charge in [0.05, 0.1) is 6.61 Å². The fourth-order valence-corrected chi connectivity index (χ4v) is 1.98. The van der Waals surface area contributed by atoms with Gasteiger partial charge in [0.15, 0.2) is 17.2 Å². The Morgan fingerprint density at radius 2 is 2.00 bits per heavy atom. The molecule has 2 aromatic rings. The second-order valence-corrected chi connectivity index (χ2v) is 4.50. The maximum absolute atomic E-state index is 12.1. The van der Waals surface area contributed by atoms with E-state index >= 15 is 0 Å². The highest BCUT2D eigenvalue weighted by molar-refractivity contribution is 6.02. The summed E-state index contributed by atoms with van der Waals surface area (Å²) < 4.78 is 16.1. The zero-order valence-electron chi connectivity index (χ0n) is 12.0. The minimum atomic E-state index is -0.354. The van der Waals surface area contributed by atoms with Crippen LogP contribution in [-0.4, -0.2) is 35.9 Å². The number of rotatable bonds is 4. The van der Waals surface area contributed by atoms with E-state index in [9.17, 15) is 4.79 Å². The first-order valence-corrected chi connectivity index (χ1v) is 6.94. The number of nitrogens with zero attached hydrogens (tertiary/aromatic N) is 2. The molecule has 3 rings (SSSR count). The molecular formula is C15H15N3O4. The highest BCUT2D eigenvalue weighted by Gasteiger charge is 2.14. The van der Waals surface area contributed by atoms with E-state index in [2.05, 4.69) is 15.5 Å². The second-order valence-electron chi connectivity index (χ2n) is 4.50. The molecule has 22 heavy (non-hydrogen) atoms. The Hall–Kier alpha value is -2.83. The lowest BCUT2D eigenvalue weighted by Crippen LogP contribution is -2.17. The summed E-state index contributed by atoms with van der Waals surface area (Å²) in [6.45, 7) is 3.37. The summed E-state index contributed by atoms with van der Waals surface area (Å²) in [5, 5.41) is 10.4. The molecule has 0 spiro atoms. The Bertz CT molecular complexity index is 673. The Morgan fingerprint density at radius 3 is 2.73 bits per heavy atom. The number of carbonyl (C=O) groups excluding carboxylic acids is 1. The van der Waals surface area contributed by atoms with Crippen molar-refractivity contribution in [3.63, 3.8) is 0 Å². The molecule has 0 radical (unpaired) electrons. The Balaban J connectivity index is 1.71. The molecule has 1 aliphatic heterocycles. The first-order valence-electron chi connectivity index (χ1n) is 6.94. The fraction of sp³-hybridized carbons (Fsp3) is 0.267. The van der Waals surface area contributed by atoms with Gasteiger partial charge >= 0.3 is 0 Å². The summed E-state index contributed by atoms with van der Waals surface area (Å²) in [5.41, 5.74) is 0.809. The lowest BCUT2D eigenvalue weighted by atomic mass is 10.2. The third kappa shape index (κ3) is 3.08. The third-order valence-electron chi connectivity index (χ3n) is 2.96. The van der Waals surface area contributed by atoms with E-state index in [1.807, 2.05) is 6.92 Å². The van der Waals surface area contributed by atoms with E-state index in [1.54, 1.807) is 30.3 Å². The minimum absolute atomic E-state index is 0.207. The fourth-order valence-electron chi connectivity index (χ4n) is 1.98. The van der Waals surface area contributed by atoms with Gasteiger partial charge in [-0.3, -0.25) is 4.79 Å². The first kappa shape index (κ1) is 14.1. The predicted octanol–water partition coefficient (Wildman–Crippen LogP) is 1.90. The number of ether oxygens (including phenoxy) is 3. The van der Waals surface area contributed by atoms with Crippen molar-refractivity contribution in [3.05, 3.63) is 36.0 Å². The monoisotopic (exact) mass is 301 g/mol. The molecular weight excluding hydrogens is 286 g/mol. The molecule has 0 aliphatic carbocycles. The smallest absolute Gasteiger partial charge is 0.276 e. The van der Waals surface area contributed by atoms with Gasteiger partial charge in [-0.05, 0) is 25.1 Å². The summed E-state index contributed by atoms with van der Waals surface area (Å²) in [6.07, 6.45) is 0. The van der Waals surface area contributed by atoms with E-state index < -0.39 is 0 Å². The van der Waals surface area contributed by atoms with Gasteiger partial charge in [0.25, 0.3) is 5.91 Å². The van der Waals surface area contributed by atoms with Crippen LogP contribution in [0.4, 0.5) is 5.69 Å². The minimum Gasteiger partial charge on any atom is -0.486 e. The van der Waals surface area contributed by atoms with Crippen molar-refractivity contribution in [2.75, 3.05) is 25.1 Å². The molecule has 114 valence electrons. The lowest BCUT2D eigenvalue weighted by molar-refractivity contribution is 0.102. The van der Waals surface area contributed by atoms with Crippen LogP contribution in [-0.2, 0) is 0 Å². The SMILES string of the molecule is CCOc1ccc(C(=O)Nc2ccc3c(c2)OCCO3)nn1. The molecule has 0 bridgehead atoms. The van der Waals surface area contributed by atoms with Crippen LogP contribution in [0.1, 0.15) is 17.4 Å². The molecule has 0 fully saturated rings. The van der Waals surface area contributed by atoms with Crippen molar-refractivity contribution < 1.29 is 19.0 Å². The van der Waals surface area contributed by atoms with Crippen LogP contribution >= 0.6 is 0 Å². The van der Waals surface area contributed by atoms with Crippen molar-refractivity contribution in [1.29, 1.82) is 0 Å². The summed E-state index contributed by atoms with van der Waals surface area (Å²) >= 11 is 0. The maximum atomic E-state index is 12.1. The Kier molecular flexibility index (Phi) is 4.04. The number of nitrogens with one attached hydrogen (secondary N) is 1. The molecule has 0 unspecified atom stereocenters. The van der Waals surface area contributed by atoms with Gasteiger partial charge in [-0.25, -0.2) is 0 Å². The zero-order chi connectivity index (χ0) is 15.4. The summed E-state index contributed by atoms with van der Waals surface area (Å²) in [6, 6.07) is 8.39. The topological polar surface area (TPSA) is 82.6 Å². The van der Waals surface area contributed by atoms with Crippen molar-refractivity contribution in [3.8, 4) is 17.4 Å². The molecule has 7 heteroatoms. The van der Waals surface area contributed by atoms with Crippen molar-refractivity contribution >= 4 is 11.6 Å². The van der Waals surface area contributed by atoms with Crippen LogP contribution in [0.15, 0.2) is 30.3 Å². The molecule has 0 atom stereocenters. The third-order valence-corrected chi connectivity index (χ3v) is 2.96. The molecule has 1 amide bonds. The number of amides is 1. The zero-order valence-corrected chi connectivity index (χ0v) is 12.0. The van der Waals surface area contributed by atoms with Gasteiger partial charge in [-0.15, -0.1) is 10.2 Å². The van der Waals surface area contributed by atoms with Gasteiger partial charge in [0.1, 0.15) is 13.2 Å². The number of anilines is 1. The van der Waals surface area contributed by atoms with Crippen LogP contribution in [0.25, 0.3) is 0 Å². The molecule has 2 heterocycles. The van der Waals surface area contributed by atoms with Crippen LogP contribution < -0.4 is 19.5 Å².